The molecular formula is C18H18FN5OS. The van der Waals surface area contributed by atoms with Crippen LogP contribution in [0.1, 0.15) is 30.7 Å². The minimum Gasteiger partial charge on any atom is -0.325 e. The van der Waals surface area contributed by atoms with Crippen molar-refractivity contribution in [2.45, 2.75) is 30.3 Å². The Labute approximate surface area is 154 Å². The van der Waals surface area contributed by atoms with E-state index in [0.717, 1.165) is 5.56 Å². The second kappa shape index (κ2) is 8.09. The van der Waals surface area contributed by atoms with Gasteiger partial charge in [0.15, 0.2) is 0 Å². The van der Waals surface area contributed by atoms with E-state index in [9.17, 15) is 9.18 Å². The molecule has 0 saturated carbocycles. The van der Waals surface area contributed by atoms with Crippen LogP contribution in [0.15, 0.2) is 59.8 Å². The standard InChI is InChI=1S/C18H18FN5OS/c1-12(2)24-18(21-22-23-24)26-16(13-6-4-3-5-7-13)17(25)20-15-10-8-14(19)9-11-15/h3-12,16H,1-2H3,(H,20,25). The summed E-state index contributed by atoms with van der Waals surface area (Å²) in [5.41, 5.74) is 1.36. The maximum absolute atomic E-state index is 13.1. The van der Waals surface area contributed by atoms with E-state index in [-0.39, 0.29) is 17.8 Å². The second-order valence-electron chi connectivity index (χ2n) is 5.90. The van der Waals surface area contributed by atoms with Crippen LogP contribution in [0.5, 0.6) is 0 Å². The highest BCUT2D eigenvalue weighted by molar-refractivity contribution is 8.00. The van der Waals surface area contributed by atoms with E-state index in [2.05, 4.69) is 20.8 Å². The molecule has 8 heteroatoms. The summed E-state index contributed by atoms with van der Waals surface area (Å²) < 4.78 is 14.8. The van der Waals surface area contributed by atoms with Crippen molar-refractivity contribution in [3.8, 4) is 0 Å². The molecule has 134 valence electrons. The molecule has 0 bridgehead atoms. The van der Waals surface area contributed by atoms with Gasteiger partial charge in [-0.15, -0.1) is 5.10 Å². The van der Waals surface area contributed by atoms with E-state index >= 15 is 0 Å². The van der Waals surface area contributed by atoms with Crippen LogP contribution in [0.4, 0.5) is 10.1 Å². The van der Waals surface area contributed by atoms with Crippen LogP contribution >= 0.6 is 11.8 Å². The fourth-order valence-electron chi connectivity index (χ4n) is 2.33. The molecule has 0 spiro atoms. The lowest BCUT2D eigenvalue weighted by molar-refractivity contribution is -0.115. The van der Waals surface area contributed by atoms with E-state index in [1.54, 1.807) is 4.68 Å². The Balaban J connectivity index is 1.87. The molecule has 1 N–H and O–H groups in total. The number of tetrazole rings is 1. The summed E-state index contributed by atoms with van der Waals surface area (Å²) in [5.74, 6) is -0.584. The summed E-state index contributed by atoms with van der Waals surface area (Å²) >= 11 is 1.27. The Morgan fingerprint density at radius 3 is 2.46 bits per heavy atom. The number of thioether (sulfide) groups is 1. The first-order chi connectivity index (χ1) is 12.5. The molecule has 1 atom stereocenters. The molecule has 26 heavy (non-hydrogen) atoms. The number of rotatable bonds is 6. The molecular weight excluding hydrogens is 353 g/mol. The number of halogens is 1. The van der Waals surface area contributed by atoms with Crippen molar-refractivity contribution in [2.24, 2.45) is 0 Å². The van der Waals surface area contributed by atoms with Gasteiger partial charge in [-0.2, -0.15) is 0 Å². The van der Waals surface area contributed by atoms with E-state index < -0.39 is 5.25 Å². The van der Waals surface area contributed by atoms with E-state index in [4.69, 9.17) is 0 Å². The summed E-state index contributed by atoms with van der Waals surface area (Å²) in [6, 6.07) is 15.1. The van der Waals surface area contributed by atoms with Crippen molar-refractivity contribution < 1.29 is 9.18 Å². The number of benzene rings is 2. The summed E-state index contributed by atoms with van der Waals surface area (Å²) in [6.45, 7) is 3.94. The third-order valence-electron chi connectivity index (χ3n) is 3.63. The number of hydrogen-bond acceptors (Lipinski definition) is 5. The highest BCUT2D eigenvalue weighted by Crippen LogP contribution is 2.35. The Kier molecular flexibility index (Phi) is 5.62. The number of hydrogen-bond donors (Lipinski definition) is 1. The monoisotopic (exact) mass is 371 g/mol. The average molecular weight is 371 g/mol. The molecule has 3 rings (SSSR count). The van der Waals surface area contributed by atoms with Gasteiger partial charge in [-0.1, -0.05) is 42.1 Å². The number of carbonyl (C=O) groups is 1. The van der Waals surface area contributed by atoms with Crippen LogP contribution in [-0.2, 0) is 4.79 Å². The zero-order chi connectivity index (χ0) is 18.5. The summed E-state index contributed by atoms with van der Waals surface area (Å²) in [7, 11) is 0. The first-order valence-corrected chi connectivity index (χ1v) is 8.98. The predicted molar refractivity (Wildman–Crippen MR) is 98.3 cm³/mol. The van der Waals surface area contributed by atoms with Gasteiger partial charge in [-0.3, -0.25) is 4.79 Å². The Morgan fingerprint density at radius 1 is 1.12 bits per heavy atom. The quantitative estimate of drug-likeness (QED) is 0.666. The van der Waals surface area contributed by atoms with Gasteiger partial charge in [0.2, 0.25) is 11.1 Å². The molecule has 0 saturated heterocycles. The molecule has 1 aromatic heterocycles. The summed E-state index contributed by atoms with van der Waals surface area (Å²) in [5, 5.41) is 14.6. The molecule has 0 aliphatic rings. The van der Waals surface area contributed by atoms with Crippen molar-refractivity contribution in [1.29, 1.82) is 0 Å². The van der Waals surface area contributed by atoms with Gasteiger partial charge in [0.05, 0.1) is 6.04 Å². The number of amides is 1. The lowest BCUT2D eigenvalue weighted by Crippen LogP contribution is -2.20. The van der Waals surface area contributed by atoms with Crippen molar-refractivity contribution in [2.75, 3.05) is 5.32 Å². The lowest BCUT2D eigenvalue weighted by atomic mass is 10.1. The molecule has 6 nitrogen and oxygen atoms in total. The van der Waals surface area contributed by atoms with Gasteiger partial charge < -0.3 is 5.32 Å². The molecule has 1 amide bonds. The second-order valence-corrected chi connectivity index (χ2v) is 6.98. The fraction of sp³-hybridized carbons (Fsp3) is 0.222. The van der Waals surface area contributed by atoms with Crippen molar-refractivity contribution in [3.63, 3.8) is 0 Å². The van der Waals surface area contributed by atoms with Crippen LogP contribution in [-0.4, -0.2) is 26.1 Å². The molecule has 0 fully saturated rings. The molecule has 0 aliphatic heterocycles. The molecule has 0 radical (unpaired) electrons. The number of nitrogens with one attached hydrogen (secondary N) is 1. The van der Waals surface area contributed by atoms with Gasteiger partial charge in [0.1, 0.15) is 11.1 Å². The Morgan fingerprint density at radius 2 is 1.81 bits per heavy atom. The van der Waals surface area contributed by atoms with Crippen LogP contribution in [0, 0.1) is 5.82 Å². The Bertz CT molecular complexity index is 867. The molecule has 1 heterocycles. The molecule has 2 aromatic carbocycles. The number of anilines is 1. The third kappa shape index (κ3) is 4.26. The Hall–Kier alpha value is -2.74. The van der Waals surface area contributed by atoms with Crippen LogP contribution in [0.25, 0.3) is 0 Å². The van der Waals surface area contributed by atoms with Crippen molar-refractivity contribution in [3.05, 3.63) is 66.0 Å². The smallest absolute Gasteiger partial charge is 0.242 e. The minimum atomic E-state index is -0.551. The number of aromatic nitrogens is 4. The highest BCUT2D eigenvalue weighted by Gasteiger charge is 2.25. The van der Waals surface area contributed by atoms with Crippen molar-refractivity contribution in [1.82, 2.24) is 20.2 Å². The minimum absolute atomic E-state index is 0.0732. The first kappa shape index (κ1) is 18.1. The molecule has 1 unspecified atom stereocenters. The van der Waals surface area contributed by atoms with Gasteiger partial charge in [0.25, 0.3) is 0 Å². The maximum atomic E-state index is 13.1. The van der Waals surface area contributed by atoms with Gasteiger partial charge in [0, 0.05) is 5.69 Å². The van der Waals surface area contributed by atoms with Crippen molar-refractivity contribution >= 4 is 23.4 Å². The SMILES string of the molecule is CC(C)n1nnnc1SC(C(=O)Nc1ccc(F)cc1)c1ccccc1. The van der Waals surface area contributed by atoms with E-state index in [0.29, 0.717) is 10.8 Å². The molecule has 3 aromatic rings. The van der Waals surface area contributed by atoms with Crippen LogP contribution in [0.2, 0.25) is 0 Å². The van der Waals surface area contributed by atoms with Gasteiger partial charge in [-0.25, -0.2) is 9.07 Å². The largest absolute Gasteiger partial charge is 0.325 e. The number of nitrogens with zero attached hydrogens (tertiary/aromatic N) is 4. The predicted octanol–water partition coefficient (Wildman–Crippen LogP) is 3.87. The fourth-order valence-corrected chi connectivity index (χ4v) is 3.44. The summed E-state index contributed by atoms with van der Waals surface area (Å²) in [6.07, 6.45) is 0. The zero-order valence-corrected chi connectivity index (χ0v) is 15.2. The average Bonchev–Trinajstić information content (AvgIpc) is 3.11. The normalized spacial score (nSPS) is 12.2. The summed E-state index contributed by atoms with van der Waals surface area (Å²) in [4.78, 5) is 12.9. The zero-order valence-electron chi connectivity index (χ0n) is 14.3. The van der Waals surface area contributed by atoms with Gasteiger partial charge in [-0.05, 0) is 54.1 Å². The molecule has 0 aliphatic carbocycles. The van der Waals surface area contributed by atoms with Gasteiger partial charge >= 0.3 is 0 Å². The van der Waals surface area contributed by atoms with Crippen LogP contribution < -0.4 is 5.32 Å². The first-order valence-electron chi connectivity index (χ1n) is 8.10. The topological polar surface area (TPSA) is 72.7 Å². The lowest BCUT2D eigenvalue weighted by Gasteiger charge is -2.17. The maximum Gasteiger partial charge on any atom is 0.242 e. The highest BCUT2D eigenvalue weighted by atomic mass is 32.2. The van der Waals surface area contributed by atoms with E-state index in [1.807, 2.05) is 44.2 Å². The van der Waals surface area contributed by atoms with Crippen LogP contribution in [0.3, 0.4) is 0 Å². The van der Waals surface area contributed by atoms with E-state index in [1.165, 1.54) is 36.0 Å². The third-order valence-corrected chi connectivity index (χ3v) is 4.83. The number of carbonyl (C=O) groups excluding carboxylic acids is 1.